The van der Waals surface area contributed by atoms with Crippen molar-refractivity contribution in [2.45, 2.75) is 33.4 Å². The first-order valence-electron chi connectivity index (χ1n) is 6.14. The highest BCUT2D eigenvalue weighted by Gasteiger charge is 2.34. The van der Waals surface area contributed by atoms with Crippen LogP contribution in [0.1, 0.15) is 20.8 Å². The number of hydrogen-bond acceptors (Lipinski definition) is 4. The van der Waals surface area contributed by atoms with Gasteiger partial charge in [-0.05, 0) is 19.8 Å². The Balaban J connectivity index is 2.08. The first kappa shape index (κ1) is 10.5. The van der Waals surface area contributed by atoms with Crippen LogP contribution < -0.4 is 4.90 Å². The fourth-order valence-corrected chi connectivity index (χ4v) is 2.39. The van der Waals surface area contributed by atoms with Crippen LogP contribution >= 0.6 is 0 Å². The van der Waals surface area contributed by atoms with Crippen molar-refractivity contribution in [2.75, 3.05) is 11.4 Å². The summed E-state index contributed by atoms with van der Waals surface area (Å²) in [5.74, 6) is 1.71. The number of fused-ring (bicyclic) bond motifs is 1. The maximum absolute atomic E-state index is 4.45. The summed E-state index contributed by atoms with van der Waals surface area (Å²) in [4.78, 5) is 15.5. The summed E-state index contributed by atoms with van der Waals surface area (Å²) < 4.78 is 2.05. The summed E-state index contributed by atoms with van der Waals surface area (Å²) in [6.07, 6.45) is 3.48. The van der Waals surface area contributed by atoms with E-state index in [-0.39, 0.29) is 0 Å². The predicted octanol–water partition coefficient (Wildman–Crippen LogP) is 1.69. The molecule has 1 aliphatic rings. The summed E-state index contributed by atoms with van der Waals surface area (Å²) in [6, 6.07) is 0.542. The molecule has 2 atom stereocenters. The maximum atomic E-state index is 4.45. The highest BCUT2D eigenvalue weighted by atomic mass is 15.3. The van der Waals surface area contributed by atoms with Crippen molar-refractivity contribution >= 4 is 17.0 Å². The van der Waals surface area contributed by atoms with Gasteiger partial charge in [-0.25, -0.2) is 15.0 Å². The lowest BCUT2D eigenvalue weighted by molar-refractivity contribution is 0.338. The molecule has 0 bridgehead atoms. The van der Waals surface area contributed by atoms with Gasteiger partial charge in [0.05, 0.1) is 6.33 Å². The van der Waals surface area contributed by atoms with E-state index in [4.69, 9.17) is 0 Å². The van der Waals surface area contributed by atoms with Crippen LogP contribution in [0.15, 0.2) is 12.7 Å². The van der Waals surface area contributed by atoms with Gasteiger partial charge in [-0.15, -0.1) is 0 Å². The van der Waals surface area contributed by atoms with Crippen molar-refractivity contribution in [1.29, 1.82) is 0 Å². The zero-order valence-corrected chi connectivity index (χ0v) is 10.5. The van der Waals surface area contributed by atoms with E-state index in [1.807, 2.05) is 10.9 Å². The lowest BCUT2D eigenvalue weighted by atomic mass is 9.92. The van der Waals surface area contributed by atoms with Crippen LogP contribution in [0.3, 0.4) is 0 Å². The monoisotopic (exact) mass is 231 g/mol. The number of aryl methyl sites for hydroxylation is 1. The molecule has 0 amide bonds. The maximum Gasteiger partial charge on any atom is 0.165 e. The molecule has 1 aliphatic heterocycles. The average molecular weight is 231 g/mol. The minimum atomic E-state index is 0.542. The zero-order chi connectivity index (χ0) is 12.0. The van der Waals surface area contributed by atoms with Gasteiger partial charge in [0.25, 0.3) is 0 Å². The Morgan fingerprint density at radius 3 is 2.76 bits per heavy atom. The van der Waals surface area contributed by atoms with Gasteiger partial charge < -0.3 is 9.47 Å². The van der Waals surface area contributed by atoms with Crippen LogP contribution in [0.25, 0.3) is 11.2 Å². The quantitative estimate of drug-likeness (QED) is 0.789. The van der Waals surface area contributed by atoms with Crippen molar-refractivity contribution < 1.29 is 0 Å². The van der Waals surface area contributed by atoms with Gasteiger partial charge in [-0.1, -0.05) is 6.92 Å². The summed E-state index contributed by atoms with van der Waals surface area (Å²) in [5, 5.41) is 0. The van der Waals surface area contributed by atoms with Crippen molar-refractivity contribution in [3.8, 4) is 0 Å². The number of anilines is 1. The molecular weight excluding hydrogens is 214 g/mol. The molecule has 0 N–H and O–H groups in total. The van der Waals surface area contributed by atoms with E-state index in [9.17, 15) is 0 Å². The Kier molecular flexibility index (Phi) is 2.28. The third-order valence-corrected chi connectivity index (χ3v) is 3.79. The standard InChI is InChI=1S/C12H17N5/c1-4-16-7-15-10-11(16)13-6-14-12(10)17-5-8(2)9(17)3/h6-9H,4-5H2,1-3H3/t8-,9-/m0/s1. The SMILES string of the molecule is CCn1cnc2c(N3C[C@H](C)[C@@H]3C)ncnc21. The molecule has 0 aromatic carbocycles. The Labute approximate surface area is 100 Å². The third kappa shape index (κ3) is 1.41. The summed E-state index contributed by atoms with van der Waals surface area (Å²) >= 11 is 0. The van der Waals surface area contributed by atoms with Crippen LogP contribution in [-0.2, 0) is 6.54 Å². The van der Waals surface area contributed by atoms with Gasteiger partial charge >= 0.3 is 0 Å². The van der Waals surface area contributed by atoms with Gasteiger partial charge in [-0.3, -0.25) is 0 Å². The van der Waals surface area contributed by atoms with Crippen LogP contribution in [-0.4, -0.2) is 32.1 Å². The van der Waals surface area contributed by atoms with Gasteiger partial charge in [-0.2, -0.15) is 0 Å². The van der Waals surface area contributed by atoms with Crippen molar-refractivity contribution in [3.63, 3.8) is 0 Å². The predicted molar refractivity (Wildman–Crippen MR) is 67.0 cm³/mol. The van der Waals surface area contributed by atoms with Gasteiger partial charge in [0, 0.05) is 19.1 Å². The summed E-state index contributed by atoms with van der Waals surface area (Å²) in [6.45, 7) is 8.55. The van der Waals surface area contributed by atoms with E-state index in [0.29, 0.717) is 6.04 Å². The molecule has 90 valence electrons. The Morgan fingerprint density at radius 2 is 2.12 bits per heavy atom. The molecule has 0 aliphatic carbocycles. The second-order valence-corrected chi connectivity index (χ2v) is 4.77. The number of rotatable bonds is 2. The van der Waals surface area contributed by atoms with Crippen LogP contribution in [0, 0.1) is 5.92 Å². The molecule has 5 nitrogen and oxygen atoms in total. The molecule has 2 aromatic rings. The molecule has 1 fully saturated rings. The molecule has 3 heterocycles. The van der Waals surface area contributed by atoms with Gasteiger partial charge in [0.1, 0.15) is 6.33 Å². The molecule has 17 heavy (non-hydrogen) atoms. The highest BCUT2D eigenvalue weighted by Crippen LogP contribution is 2.32. The topological polar surface area (TPSA) is 46.8 Å². The number of hydrogen-bond donors (Lipinski definition) is 0. The van der Waals surface area contributed by atoms with Crippen molar-refractivity contribution in [3.05, 3.63) is 12.7 Å². The fourth-order valence-electron chi connectivity index (χ4n) is 2.39. The Hall–Kier alpha value is -1.65. The normalized spacial score (nSPS) is 24.1. The van der Waals surface area contributed by atoms with Crippen LogP contribution in [0.4, 0.5) is 5.82 Å². The number of imidazole rings is 1. The van der Waals surface area contributed by atoms with Crippen molar-refractivity contribution in [1.82, 2.24) is 19.5 Å². The molecule has 1 saturated heterocycles. The minimum absolute atomic E-state index is 0.542. The third-order valence-electron chi connectivity index (χ3n) is 3.79. The average Bonchev–Trinajstić information content (AvgIpc) is 2.78. The molecule has 0 radical (unpaired) electrons. The highest BCUT2D eigenvalue weighted by molar-refractivity contribution is 5.83. The van der Waals surface area contributed by atoms with E-state index in [0.717, 1.165) is 36.0 Å². The second kappa shape index (κ2) is 3.68. The molecule has 0 unspecified atom stereocenters. The fraction of sp³-hybridized carbons (Fsp3) is 0.583. The van der Waals surface area contributed by atoms with Crippen molar-refractivity contribution in [2.24, 2.45) is 5.92 Å². The molecule has 3 rings (SSSR count). The Bertz CT molecular complexity index is 547. The molecule has 2 aromatic heterocycles. The largest absolute Gasteiger partial charge is 0.351 e. The minimum Gasteiger partial charge on any atom is -0.351 e. The van der Waals surface area contributed by atoms with E-state index in [2.05, 4.69) is 40.6 Å². The lowest BCUT2D eigenvalue weighted by Crippen LogP contribution is -2.53. The van der Waals surface area contributed by atoms with Crippen LogP contribution in [0.2, 0.25) is 0 Å². The molecule has 5 heteroatoms. The number of aromatic nitrogens is 4. The summed E-state index contributed by atoms with van der Waals surface area (Å²) in [5.41, 5.74) is 1.86. The first-order chi connectivity index (χ1) is 8.22. The molecule has 0 saturated carbocycles. The molecule has 0 spiro atoms. The molecular formula is C12H17N5. The number of nitrogens with zero attached hydrogens (tertiary/aromatic N) is 5. The van der Waals surface area contributed by atoms with Gasteiger partial charge in [0.15, 0.2) is 17.0 Å². The lowest BCUT2D eigenvalue weighted by Gasteiger charge is -2.45. The van der Waals surface area contributed by atoms with E-state index >= 15 is 0 Å². The Morgan fingerprint density at radius 1 is 1.29 bits per heavy atom. The zero-order valence-electron chi connectivity index (χ0n) is 10.5. The first-order valence-corrected chi connectivity index (χ1v) is 6.14. The van der Waals surface area contributed by atoms with E-state index < -0.39 is 0 Å². The van der Waals surface area contributed by atoms with Gasteiger partial charge in [0.2, 0.25) is 0 Å². The van der Waals surface area contributed by atoms with Crippen LogP contribution in [0.5, 0.6) is 0 Å². The van der Waals surface area contributed by atoms with E-state index in [1.54, 1.807) is 6.33 Å². The summed E-state index contributed by atoms with van der Waals surface area (Å²) in [7, 11) is 0. The smallest absolute Gasteiger partial charge is 0.165 e. The van der Waals surface area contributed by atoms with E-state index in [1.165, 1.54) is 0 Å². The second-order valence-electron chi connectivity index (χ2n) is 4.77.